The molecule has 0 saturated carbocycles. The number of sulfone groups is 1. The lowest BCUT2D eigenvalue weighted by Gasteiger charge is -2.22. The van der Waals surface area contributed by atoms with Crippen molar-refractivity contribution in [3.05, 3.63) is 35.9 Å². The molecule has 154 valence electrons. The first-order valence-electron chi connectivity index (χ1n) is 9.94. The summed E-state index contributed by atoms with van der Waals surface area (Å²) >= 11 is 0. The molecule has 2 fully saturated rings. The van der Waals surface area contributed by atoms with Gasteiger partial charge in [0.25, 0.3) is 0 Å². The Kier molecular flexibility index (Phi) is 6.93. The molecule has 2 heterocycles. The van der Waals surface area contributed by atoms with Crippen molar-refractivity contribution in [1.82, 2.24) is 15.5 Å². The van der Waals surface area contributed by atoms with E-state index in [1.165, 1.54) is 5.56 Å². The molecule has 1 aromatic rings. The molecule has 1 aromatic carbocycles. The number of guanidine groups is 1. The minimum atomic E-state index is -2.97. The summed E-state index contributed by atoms with van der Waals surface area (Å²) in [5.74, 6) is 1.54. The molecular formula is C20H30N4O3S. The zero-order valence-corrected chi connectivity index (χ0v) is 17.2. The SMILES string of the molecule is CN=C(NCCC(=O)NC1CCS(=O)(=O)C1)N1CCC(Cc2ccccc2)C1. The van der Waals surface area contributed by atoms with Crippen LogP contribution in [-0.4, -0.2) is 69.4 Å². The summed E-state index contributed by atoms with van der Waals surface area (Å²) in [6.45, 7) is 2.40. The van der Waals surface area contributed by atoms with Crippen molar-refractivity contribution in [2.45, 2.75) is 31.7 Å². The van der Waals surface area contributed by atoms with Crippen LogP contribution in [0.5, 0.6) is 0 Å². The fourth-order valence-electron chi connectivity index (χ4n) is 3.97. The lowest BCUT2D eigenvalue weighted by molar-refractivity contribution is -0.121. The second-order valence-corrected chi connectivity index (χ2v) is 9.91. The van der Waals surface area contributed by atoms with E-state index in [-0.39, 0.29) is 23.5 Å². The predicted molar refractivity (Wildman–Crippen MR) is 111 cm³/mol. The van der Waals surface area contributed by atoms with Crippen molar-refractivity contribution < 1.29 is 13.2 Å². The van der Waals surface area contributed by atoms with E-state index in [0.29, 0.717) is 25.3 Å². The number of carbonyl (C=O) groups excluding carboxylic acids is 1. The molecule has 0 bridgehead atoms. The van der Waals surface area contributed by atoms with Crippen LogP contribution < -0.4 is 10.6 Å². The average molecular weight is 407 g/mol. The number of nitrogens with one attached hydrogen (secondary N) is 2. The number of benzene rings is 1. The van der Waals surface area contributed by atoms with Gasteiger partial charge in [0.2, 0.25) is 5.91 Å². The summed E-state index contributed by atoms with van der Waals surface area (Å²) in [7, 11) is -1.21. The quantitative estimate of drug-likeness (QED) is 0.539. The van der Waals surface area contributed by atoms with Gasteiger partial charge in [-0.25, -0.2) is 8.42 Å². The minimum Gasteiger partial charge on any atom is -0.356 e. The molecular weight excluding hydrogens is 376 g/mol. The third-order valence-corrected chi connectivity index (χ3v) is 7.17. The Bertz CT molecular complexity index is 795. The van der Waals surface area contributed by atoms with E-state index in [0.717, 1.165) is 31.9 Å². The smallest absolute Gasteiger partial charge is 0.222 e. The molecule has 7 nitrogen and oxygen atoms in total. The number of aliphatic imine (C=N–C) groups is 1. The maximum absolute atomic E-state index is 12.1. The fourth-order valence-corrected chi connectivity index (χ4v) is 5.64. The van der Waals surface area contributed by atoms with E-state index in [1.807, 2.05) is 6.07 Å². The van der Waals surface area contributed by atoms with Gasteiger partial charge < -0.3 is 15.5 Å². The van der Waals surface area contributed by atoms with Crippen molar-refractivity contribution in [1.29, 1.82) is 0 Å². The number of carbonyl (C=O) groups is 1. The highest BCUT2D eigenvalue weighted by Gasteiger charge is 2.29. The van der Waals surface area contributed by atoms with Crippen molar-refractivity contribution >= 4 is 21.7 Å². The Hall–Kier alpha value is -2.09. The van der Waals surface area contributed by atoms with Crippen LogP contribution in [0.15, 0.2) is 35.3 Å². The van der Waals surface area contributed by atoms with Crippen LogP contribution in [0.2, 0.25) is 0 Å². The van der Waals surface area contributed by atoms with Crippen LogP contribution in [-0.2, 0) is 21.1 Å². The maximum atomic E-state index is 12.1. The summed E-state index contributed by atoms with van der Waals surface area (Å²) in [6, 6.07) is 10.3. The predicted octanol–water partition coefficient (Wildman–Crippen LogP) is 0.820. The standard InChI is InChI=1S/C20H30N4O3S/c1-21-20(22-10-7-19(25)23-18-9-12-28(26,27)15-18)24-11-8-17(14-24)13-16-5-3-2-4-6-16/h2-6,17-18H,7-15H2,1H3,(H,21,22)(H,23,25). The molecule has 3 rings (SSSR count). The molecule has 1 amide bonds. The highest BCUT2D eigenvalue weighted by Crippen LogP contribution is 2.20. The van der Waals surface area contributed by atoms with Gasteiger partial charge in [0.05, 0.1) is 11.5 Å². The summed E-state index contributed by atoms with van der Waals surface area (Å²) in [6.07, 6.45) is 3.02. The molecule has 2 atom stereocenters. The first kappa shape index (κ1) is 20.6. The Morgan fingerprint density at radius 2 is 2.04 bits per heavy atom. The zero-order chi connectivity index (χ0) is 20.0. The van der Waals surface area contributed by atoms with Gasteiger partial charge in [0, 0.05) is 39.1 Å². The third-order valence-electron chi connectivity index (χ3n) is 5.40. The topological polar surface area (TPSA) is 90.9 Å². The molecule has 28 heavy (non-hydrogen) atoms. The highest BCUT2D eigenvalue weighted by molar-refractivity contribution is 7.91. The normalized spacial score (nSPS) is 24.3. The molecule has 0 aromatic heterocycles. The Morgan fingerprint density at radius 3 is 2.71 bits per heavy atom. The van der Waals surface area contributed by atoms with E-state index < -0.39 is 9.84 Å². The van der Waals surface area contributed by atoms with Gasteiger partial charge in [0.15, 0.2) is 15.8 Å². The van der Waals surface area contributed by atoms with Gasteiger partial charge in [-0.3, -0.25) is 9.79 Å². The Balaban J connectivity index is 1.38. The molecule has 8 heteroatoms. The monoisotopic (exact) mass is 406 g/mol. The minimum absolute atomic E-state index is 0.0599. The van der Waals surface area contributed by atoms with Crippen molar-refractivity contribution in [2.75, 3.05) is 38.2 Å². The van der Waals surface area contributed by atoms with Crippen molar-refractivity contribution in [2.24, 2.45) is 10.9 Å². The largest absolute Gasteiger partial charge is 0.356 e. The average Bonchev–Trinajstić information content (AvgIpc) is 3.25. The second kappa shape index (κ2) is 9.41. The van der Waals surface area contributed by atoms with E-state index >= 15 is 0 Å². The van der Waals surface area contributed by atoms with E-state index in [9.17, 15) is 13.2 Å². The number of amides is 1. The number of nitrogens with zero attached hydrogens (tertiary/aromatic N) is 2. The summed E-state index contributed by atoms with van der Waals surface area (Å²) < 4.78 is 22.9. The Labute approximate surface area is 167 Å². The van der Waals surface area contributed by atoms with Gasteiger partial charge in [-0.2, -0.15) is 0 Å². The van der Waals surface area contributed by atoms with Crippen LogP contribution in [0.3, 0.4) is 0 Å². The van der Waals surface area contributed by atoms with Gasteiger partial charge in [-0.15, -0.1) is 0 Å². The lowest BCUT2D eigenvalue weighted by Crippen LogP contribution is -2.42. The fraction of sp³-hybridized carbons (Fsp3) is 0.600. The molecule has 0 aliphatic carbocycles. The number of likely N-dealkylation sites (tertiary alicyclic amines) is 1. The van der Waals surface area contributed by atoms with Crippen LogP contribution in [0, 0.1) is 5.92 Å². The Morgan fingerprint density at radius 1 is 1.25 bits per heavy atom. The molecule has 2 saturated heterocycles. The number of rotatable bonds is 6. The number of hydrogen-bond acceptors (Lipinski definition) is 4. The van der Waals surface area contributed by atoms with Crippen LogP contribution in [0.1, 0.15) is 24.8 Å². The summed E-state index contributed by atoms with van der Waals surface area (Å²) in [5.41, 5.74) is 1.36. The van der Waals surface area contributed by atoms with Crippen LogP contribution in [0.25, 0.3) is 0 Å². The van der Waals surface area contributed by atoms with E-state index in [1.54, 1.807) is 7.05 Å². The molecule has 2 aliphatic heterocycles. The lowest BCUT2D eigenvalue weighted by atomic mass is 9.99. The molecule has 2 unspecified atom stereocenters. The van der Waals surface area contributed by atoms with Crippen LogP contribution in [0.4, 0.5) is 0 Å². The molecule has 0 radical (unpaired) electrons. The highest BCUT2D eigenvalue weighted by atomic mass is 32.2. The zero-order valence-electron chi connectivity index (χ0n) is 16.4. The van der Waals surface area contributed by atoms with Gasteiger partial charge in [-0.05, 0) is 30.7 Å². The van der Waals surface area contributed by atoms with Gasteiger partial charge in [0.1, 0.15) is 0 Å². The van der Waals surface area contributed by atoms with E-state index in [2.05, 4.69) is 44.8 Å². The van der Waals surface area contributed by atoms with Gasteiger partial charge >= 0.3 is 0 Å². The number of hydrogen-bond donors (Lipinski definition) is 2. The van der Waals surface area contributed by atoms with Crippen molar-refractivity contribution in [3.63, 3.8) is 0 Å². The van der Waals surface area contributed by atoms with E-state index in [4.69, 9.17) is 0 Å². The van der Waals surface area contributed by atoms with Gasteiger partial charge in [-0.1, -0.05) is 30.3 Å². The third kappa shape index (κ3) is 5.95. The summed E-state index contributed by atoms with van der Waals surface area (Å²) in [5, 5.41) is 6.08. The molecule has 0 spiro atoms. The second-order valence-electron chi connectivity index (χ2n) is 7.68. The summed E-state index contributed by atoms with van der Waals surface area (Å²) in [4.78, 5) is 18.7. The molecule has 2 N–H and O–H groups in total. The van der Waals surface area contributed by atoms with Crippen LogP contribution >= 0.6 is 0 Å². The first-order chi connectivity index (χ1) is 13.4. The first-order valence-corrected chi connectivity index (χ1v) is 11.8. The molecule has 2 aliphatic rings. The maximum Gasteiger partial charge on any atom is 0.222 e. The van der Waals surface area contributed by atoms with Crippen molar-refractivity contribution in [3.8, 4) is 0 Å².